The van der Waals surface area contributed by atoms with Gasteiger partial charge in [0, 0.05) is 16.7 Å². The highest BCUT2D eigenvalue weighted by molar-refractivity contribution is 7.24. The summed E-state index contributed by atoms with van der Waals surface area (Å²) in [6, 6.07) is 74.2. The molecular formula is C66H55NSi. The Balaban J connectivity index is 1.14. The smallest absolute Gasteiger partial charge is 0.182 e. The molecule has 0 atom stereocenters. The molecule has 2 heteroatoms. The summed E-state index contributed by atoms with van der Waals surface area (Å²) in [6.07, 6.45) is 0. The molecule has 1 nitrogen and oxygen atoms in total. The summed E-state index contributed by atoms with van der Waals surface area (Å²) in [5.74, 6) is 0. The summed E-state index contributed by atoms with van der Waals surface area (Å²) in [4.78, 5) is 2.71. The van der Waals surface area contributed by atoms with E-state index in [2.05, 4.69) is 248 Å². The third kappa shape index (κ3) is 4.77. The molecule has 0 radical (unpaired) electrons. The Morgan fingerprint density at radius 2 is 0.824 bits per heavy atom. The normalized spacial score (nSPS) is 16.3. The van der Waals surface area contributed by atoms with Gasteiger partial charge in [0.1, 0.15) is 0 Å². The molecular weight excluding hydrogens is 835 g/mol. The zero-order valence-electron chi connectivity index (χ0n) is 40.3. The Kier molecular flexibility index (Phi) is 7.76. The number of rotatable bonds is 1. The molecule has 0 bridgehead atoms. The Morgan fingerprint density at radius 3 is 1.38 bits per heavy atom. The van der Waals surface area contributed by atoms with Crippen molar-refractivity contribution in [1.82, 2.24) is 0 Å². The highest BCUT2D eigenvalue weighted by atomic mass is 28.3. The summed E-state index contributed by atoms with van der Waals surface area (Å²) in [5, 5.41) is 6.00. The van der Waals surface area contributed by atoms with E-state index >= 15 is 0 Å². The fourth-order valence-corrected chi connectivity index (χ4v) is 19.5. The van der Waals surface area contributed by atoms with E-state index in [-0.39, 0.29) is 16.2 Å². The van der Waals surface area contributed by atoms with Crippen molar-refractivity contribution in [3.63, 3.8) is 0 Å². The Labute approximate surface area is 402 Å². The zero-order chi connectivity index (χ0) is 46.3. The lowest BCUT2D eigenvalue weighted by Gasteiger charge is -2.46. The lowest BCUT2D eigenvalue weighted by Crippen LogP contribution is -2.70. The monoisotopic (exact) mass is 889 g/mol. The minimum Gasteiger partial charge on any atom is -0.309 e. The maximum absolute atomic E-state index is 2.73. The van der Waals surface area contributed by atoms with Crippen LogP contribution in [0.15, 0.2) is 188 Å². The van der Waals surface area contributed by atoms with E-state index in [9.17, 15) is 0 Å². The molecule has 328 valence electrons. The molecule has 5 aliphatic rings. The number of nitrogens with zero attached hydrogens (tertiary/aromatic N) is 1. The van der Waals surface area contributed by atoms with Gasteiger partial charge in [-0.15, -0.1) is 0 Å². The van der Waals surface area contributed by atoms with E-state index in [1.807, 2.05) is 0 Å². The Morgan fingerprint density at radius 1 is 0.368 bits per heavy atom. The van der Waals surface area contributed by atoms with E-state index in [1.54, 1.807) is 0 Å². The van der Waals surface area contributed by atoms with E-state index in [4.69, 9.17) is 0 Å². The topological polar surface area (TPSA) is 3.24 Å². The summed E-state index contributed by atoms with van der Waals surface area (Å²) in [5.41, 5.74) is 24.8. The SMILES string of the molecule is CC(C)(C)c1ccc2c(c1)C1(c3cc(C(C)(C)C)ccc3-2)c2ccccc2N(c2ccc3c(c2)[Si]2(c4ccccc4-c4ccccc42)c2ccccc2-3)c2c1ccc1c2-c2ccccc2C1(C)C. The molecule has 9 aromatic rings. The number of fused-ring (bicyclic) bond motifs is 23. The van der Waals surface area contributed by atoms with Crippen LogP contribution in [0.25, 0.3) is 44.5 Å². The van der Waals surface area contributed by atoms with Crippen LogP contribution in [0, 0.1) is 0 Å². The van der Waals surface area contributed by atoms with Gasteiger partial charge in [-0.3, -0.25) is 0 Å². The van der Waals surface area contributed by atoms with E-state index in [0.29, 0.717) is 0 Å². The van der Waals surface area contributed by atoms with Crippen molar-refractivity contribution in [2.24, 2.45) is 0 Å². The number of benzene rings is 9. The molecule has 0 unspecified atom stereocenters. The van der Waals surface area contributed by atoms with Gasteiger partial charge in [-0.1, -0.05) is 225 Å². The van der Waals surface area contributed by atoms with Crippen molar-refractivity contribution >= 4 is 45.9 Å². The predicted octanol–water partition coefficient (Wildman–Crippen LogP) is 14.1. The molecule has 0 N–H and O–H groups in total. The molecule has 2 spiro atoms. The standard InChI is InChI=1S/C66H55NSi/c1-63(2,3)40-29-32-43-44-33-30-41(64(4,5)6)38-55(44)66(54(43)37-40)51-24-14-15-25-56(51)67(62-53(66)36-35-52-61(62)49-22-9-13-23-50(49)65(52,7)8)42-31-34-48-47-21-12-18-28-59(47)68(60(48)39-42)57-26-16-10-19-45(57)46-20-11-17-27-58(46)68/h9-39H,1-8H3. The predicted molar refractivity (Wildman–Crippen MR) is 289 cm³/mol. The maximum Gasteiger partial charge on any atom is 0.182 e. The van der Waals surface area contributed by atoms with Crippen LogP contribution in [-0.2, 0) is 21.7 Å². The van der Waals surface area contributed by atoms with Crippen molar-refractivity contribution in [2.45, 2.75) is 77.0 Å². The second-order valence-electron chi connectivity index (χ2n) is 22.8. The Bertz CT molecular complexity index is 3570. The largest absolute Gasteiger partial charge is 0.309 e. The molecule has 0 amide bonds. The van der Waals surface area contributed by atoms with Crippen LogP contribution in [0.4, 0.5) is 17.1 Å². The Hall–Kier alpha value is -7.00. The molecule has 68 heavy (non-hydrogen) atoms. The van der Waals surface area contributed by atoms with Crippen LogP contribution in [0.2, 0.25) is 0 Å². The second kappa shape index (κ2) is 13.2. The van der Waals surface area contributed by atoms with Gasteiger partial charge in [0.05, 0.1) is 16.8 Å². The number of anilines is 3. The average Bonchev–Trinajstić information content (AvgIpc) is 3.99. The highest BCUT2D eigenvalue weighted by Gasteiger charge is 2.57. The number of hydrogen-bond acceptors (Lipinski definition) is 1. The molecule has 14 rings (SSSR count). The van der Waals surface area contributed by atoms with Gasteiger partial charge in [-0.2, -0.15) is 0 Å². The molecule has 0 fully saturated rings. The van der Waals surface area contributed by atoms with Crippen LogP contribution in [-0.4, -0.2) is 8.07 Å². The van der Waals surface area contributed by atoms with Crippen molar-refractivity contribution in [3.05, 3.63) is 233 Å². The van der Waals surface area contributed by atoms with E-state index < -0.39 is 13.5 Å². The van der Waals surface area contributed by atoms with Crippen LogP contribution in [0.1, 0.15) is 99.9 Å². The van der Waals surface area contributed by atoms with Gasteiger partial charge in [0.15, 0.2) is 8.07 Å². The second-order valence-corrected chi connectivity index (χ2v) is 26.4. The van der Waals surface area contributed by atoms with Crippen LogP contribution in [0.5, 0.6) is 0 Å². The van der Waals surface area contributed by atoms with Crippen molar-refractivity contribution < 1.29 is 0 Å². The minimum absolute atomic E-state index is 0.0369. The van der Waals surface area contributed by atoms with Crippen LogP contribution < -0.4 is 25.6 Å². The molecule has 3 aliphatic heterocycles. The van der Waals surface area contributed by atoms with Crippen LogP contribution in [0.3, 0.4) is 0 Å². The van der Waals surface area contributed by atoms with Crippen molar-refractivity contribution in [3.8, 4) is 44.5 Å². The molecule has 0 saturated heterocycles. The first-order chi connectivity index (χ1) is 32.8. The van der Waals surface area contributed by atoms with Gasteiger partial charge in [0.25, 0.3) is 0 Å². The summed E-state index contributed by atoms with van der Waals surface area (Å²) in [6.45, 7) is 19.0. The fraction of sp³-hybridized carbons (Fsp3) is 0.182. The maximum atomic E-state index is 2.71. The number of hydrogen-bond donors (Lipinski definition) is 0. The molecule has 3 heterocycles. The van der Waals surface area contributed by atoms with E-state index in [0.717, 1.165) is 0 Å². The molecule has 2 aliphatic carbocycles. The number of para-hydroxylation sites is 1. The lowest BCUT2D eigenvalue weighted by atomic mass is 9.62. The first-order valence-corrected chi connectivity index (χ1v) is 26.7. The first kappa shape index (κ1) is 40.1. The third-order valence-electron chi connectivity index (χ3n) is 17.0. The van der Waals surface area contributed by atoms with Gasteiger partial charge in [0.2, 0.25) is 0 Å². The molecule has 9 aromatic carbocycles. The molecule has 0 saturated carbocycles. The van der Waals surface area contributed by atoms with Crippen LogP contribution >= 0.6 is 0 Å². The minimum atomic E-state index is -2.73. The lowest BCUT2D eigenvalue weighted by molar-refractivity contribution is 0.586. The summed E-state index contributed by atoms with van der Waals surface area (Å²) in [7, 11) is -2.73. The van der Waals surface area contributed by atoms with Gasteiger partial charge in [-0.25, -0.2) is 0 Å². The quantitative estimate of drug-likeness (QED) is 0.148. The third-order valence-corrected chi connectivity index (χ3v) is 22.0. The summed E-state index contributed by atoms with van der Waals surface area (Å²) < 4.78 is 0. The zero-order valence-corrected chi connectivity index (χ0v) is 41.3. The highest BCUT2D eigenvalue weighted by Crippen LogP contribution is 2.67. The summed E-state index contributed by atoms with van der Waals surface area (Å²) >= 11 is 0. The average molecular weight is 890 g/mol. The van der Waals surface area contributed by atoms with E-state index in [1.165, 1.54) is 127 Å². The van der Waals surface area contributed by atoms with Gasteiger partial charge in [-0.05, 0) is 133 Å². The first-order valence-electron chi connectivity index (χ1n) is 24.7. The molecule has 0 aromatic heterocycles. The fourth-order valence-electron chi connectivity index (χ4n) is 13.9. The van der Waals surface area contributed by atoms with Crippen molar-refractivity contribution in [1.29, 1.82) is 0 Å². The van der Waals surface area contributed by atoms with Gasteiger partial charge < -0.3 is 4.90 Å². The van der Waals surface area contributed by atoms with Crippen molar-refractivity contribution in [2.75, 3.05) is 4.90 Å². The van der Waals surface area contributed by atoms with Gasteiger partial charge >= 0.3 is 0 Å².